The van der Waals surface area contributed by atoms with Gasteiger partial charge >= 0.3 is 12.1 Å². The van der Waals surface area contributed by atoms with Crippen molar-refractivity contribution in [3.8, 4) is 11.1 Å². The van der Waals surface area contributed by atoms with Gasteiger partial charge in [-0.1, -0.05) is 30.3 Å². The normalized spacial score (nSPS) is 13.0. The molecule has 3 rings (SSSR count). The van der Waals surface area contributed by atoms with Gasteiger partial charge in [-0.3, -0.25) is 9.78 Å². The van der Waals surface area contributed by atoms with Gasteiger partial charge in [-0.2, -0.15) is 13.2 Å². The number of aryl methyl sites for hydroxylation is 1. The molecule has 0 fully saturated rings. The van der Waals surface area contributed by atoms with Gasteiger partial charge in [0, 0.05) is 12.4 Å². The minimum absolute atomic E-state index is 0.300. The molecule has 1 aromatic heterocycles. The minimum atomic E-state index is -4.90. The smallest absolute Gasteiger partial charge is 0.417 e. The molecule has 168 valence electrons. The number of halogens is 3. The number of benzene rings is 2. The Morgan fingerprint density at radius 3 is 2.50 bits per heavy atom. The van der Waals surface area contributed by atoms with Crippen LogP contribution < -0.4 is 4.72 Å². The number of aliphatic carboxylic acids is 1. The summed E-state index contributed by atoms with van der Waals surface area (Å²) >= 11 is 0. The quantitative estimate of drug-likeness (QED) is 0.534. The summed E-state index contributed by atoms with van der Waals surface area (Å²) in [5, 5.41) is 9.30. The summed E-state index contributed by atoms with van der Waals surface area (Å²) < 4.78 is 67.9. The highest BCUT2D eigenvalue weighted by Crippen LogP contribution is 2.35. The SMILES string of the molecule is Cc1cnccc1-c1cccc([C@H](CC(=O)O)NS(=O)(=O)c2ccccc2C(F)(F)F)c1. The number of carboxylic acids is 1. The number of hydrogen-bond donors (Lipinski definition) is 2. The van der Waals surface area contributed by atoms with Crippen LogP contribution in [0.5, 0.6) is 0 Å². The molecule has 0 unspecified atom stereocenters. The Kier molecular flexibility index (Phi) is 6.65. The molecule has 0 aliphatic carbocycles. The van der Waals surface area contributed by atoms with Gasteiger partial charge in [0.05, 0.1) is 22.9 Å². The molecular weight excluding hydrogens is 445 g/mol. The van der Waals surface area contributed by atoms with Gasteiger partial charge in [-0.25, -0.2) is 13.1 Å². The number of nitrogens with one attached hydrogen (secondary N) is 1. The molecule has 0 radical (unpaired) electrons. The molecule has 0 spiro atoms. The fourth-order valence-corrected chi connectivity index (χ4v) is 4.76. The maximum absolute atomic E-state index is 13.3. The fourth-order valence-electron chi connectivity index (χ4n) is 3.31. The first kappa shape index (κ1) is 23.4. The standard InChI is InChI=1S/C22H19F3N2O4S/c1-14-13-26-10-9-17(14)15-5-4-6-16(11-15)19(12-21(28)29)27-32(30,31)20-8-3-2-7-18(20)22(23,24)25/h2-11,13,19,27H,12H2,1H3,(H,28,29)/t19-/m0/s1. The molecular formula is C22H19F3N2O4S. The first-order chi connectivity index (χ1) is 15.0. The van der Waals surface area contributed by atoms with E-state index in [-0.39, 0.29) is 0 Å². The van der Waals surface area contributed by atoms with Crippen LogP contribution in [0.25, 0.3) is 11.1 Å². The van der Waals surface area contributed by atoms with Crippen LogP contribution >= 0.6 is 0 Å². The van der Waals surface area contributed by atoms with Crippen molar-refractivity contribution in [2.45, 2.75) is 30.5 Å². The van der Waals surface area contributed by atoms with E-state index in [1.54, 1.807) is 36.7 Å². The molecule has 32 heavy (non-hydrogen) atoms. The number of hydrogen-bond acceptors (Lipinski definition) is 4. The van der Waals surface area contributed by atoms with Gasteiger partial charge in [0.2, 0.25) is 10.0 Å². The Morgan fingerprint density at radius 1 is 1.12 bits per heavy atom. The Balaban J connectivity index is 2.03. The van der Waals surface area contributed by atoms with Crippen LogP contribution in [0.15, 0.2) is 71.9 Å². The highest BCUT2D eigenvalue weighted by Gasteiger charge is 2.37. The summed E-state index contributed by atoms with van der Waals surface area (Å²) in [6.07, 6.45) is -2.33. The van der Waals surface area contributed by atoms with Crippen LogP contribution in [-0.2, 0) is 21.0 Å². The Morgan fingerprint density at radius 2 is 1.84 bits per heavy atom. The predicted molar refractivity (Wildman–Crippen MR) is 111 cm³/mol. The molecule has 3 aromatic rings. The van der Waals surface area contributed by atoms with Crippen LogP contribution in [0.1, 0.15) is 29.2 Å². The lowest BCUT2D eigenvalue weighted by Crippen LogP contribution is -2.31. The molecule has 10 heteroatoms. The monoisotopic (exact) mass is 464 g/mol. The van der Waals surface area contributed by atoms with E-state index in [0.717, 1.165) is 23.3 Å². The average Bonchev–Trinajstić information content (AvgIpc) is 2.73. The van der Waals surface area contributed by atoms with Crippen molar-refractivity contribution in [2.24, 2.45) is 0 Å². The number of aromatic nitrogens is 1. The van der Waals surface area contributed by atoms with Crippen molar-refractivity contribution in [1.29, 1.82) is 0 Å². The van der Waals surface area contributed by atoms with Crippen molar-refractivity contribution >= 4 is 16.0 Å². The van der Waals surface area contributed by atoms with Crippen LogP contribution in [0.4, 0.5) is 13.2 Å². The zero-order valence-corrected chi connectivity index (χ0v) is 17.6. The summed E-state index contributed by atoms with van der Waals surface area (Å²) in [6, 6.07) is 10.7. The molecule has 1 heterocycles. The van der Waals surface area contributed by atoms with Crippen molar-refractivity contribution in [1.82, 2.24) is 9.71 Å². The predicted octanol–water partition coefficient (Wildman–Crippen LogP) is 4.57. The van der Waals surface area contributed by atoms with E-state index in [1.807, 2.05) is 6.92 Å². The third-order valence-electron chi connectivity index (χ3n) is 4.78. The summed E-state index contributed by atoms with van der Waals surface area (Å²) in [4.78, 5) is 14.5. The fraction of sp³-hybridized carbons (Fsp3) is 0.182. The molecule has 6 nitrogen and oxygen atoms in total. The van der Waals surface area contributed by atoms with E-state index in [4.69, 9.17) is 0 Å². The van der Waals surface area contributed by atoms with Gasteiger partial charge in [-0.05, 0) is 53.4 Å². The Labute approximate surface area is 182 Å². The number of sulfonamides is 1. The third kappa shape index (κ3) is 5.32. The second-order valence-corrected chi connectivity index (χ2v) is 8.76. The lowest BCUT2D eigenvalue weighted by molar-refractivity contribution is -0.140. The van der Waals surface area contributed by atoms with Gasteiger partial charge in [0.1, 0.15) is 0 Å². The van der Waals surface area contributed by atoms with E-state index < -0.39 is 45.1 Å². The number of pyridine rings is 1. The van der Waals surface area contributed by atoms with E-state index in [0.29, 0.717) is 17.2 Å². The third-order valence-corrected chi connectivity index (χ3v) is 6.31. The second kappa shape index (κ2) is 9.09. The van der Waals surface area contributed by atoms with Gasteiger partial charge < -0.3 is 5.11 Å². The lowest BCUT2D eigenvalue weighted by Gasteiger charge is -2.20. The summed E-state index contributed by atoms with van der Waals surface area (Å²) in [7, 11) is -4.70. The summed E-state index contributed by atoms with van der Waals surface area (Å²) in [6.45, 7) is 1.83. The van der Waals surface area contributed by atoms with Gasteiger partial charge in [0.25, 0.3) is 0 Å². The van der Waals surface area contributed by atoms with Crippen LogP contribution in [0, 0.1) is 6.92 Å². The number of rotatable bonds is 7. The van der Waals surface area contributed by atoms with E-state index in [2.05, 4.69) is 9.71 Å². The van der Waals surface area contributed by atoms with Crippen LogP contribution in [-0.4, -0.2) is 24.5 Å². The first-order valence-electron chi connectivity index (χ1n) is 9.40. The Hall–Kier alpha value is -3.24. The summed E-state index contributed by atoms with van der Waals surface area (Å²) in [5.41, 5.74) is 1.31. The zero-order valence-electron chi connectivity index (χ0n) is 16.8. The number of alkyl halides is 3. The topological polar surface area (TPSA) is 96.4 Å². The zero-order chi connectivity index (χ0) is 23.5. The molecule has 0 saturated heterocycles. The van der Waals surface area contributed by atoms with Gasteiger partial charge in [-0.15, -0.1) is 0 Å². The molecule has 1 atom stereocenters. The maximum atomic E-state index is 13.3. The minimum Gasteiger partial charge on any atom is -0.481 e. The van der Waals surface area contributed by atoms with E-state index in [9.17, 15) is 31.5 Å². The highest BCUT2D eigenvalue weighted by atomic mass is 32.2. The molecule has 2 N–H and O–H groups in total. The molecule has 2 aromatic carbocycles. The number of carbonyl (C=O) groups is 1. The Bertz CT molecular complexity index is 1240. The molecule has 0 aliphatic heterocycles. The number of carboxylic acid groups (broad SMARTS) is 1. The first-order valence-corrected chi connectivity index (χ1v) is 10.9. The molecule has 0 amide bonds. The van der Waals surface area contributed by atoms with Crippen LogP contribution in [0.2, 0.25) is 0 Å². The summed E-state index contributed by atoms with van der Waals surface area (Å²) in [5.74, 6) is -1.31. The van der Waals surface area contributed by atoms with Crippen molar-refractivity contribution in [3.63, 3.8) is 0 Å². The largest absolute Gasteiger partial charge is 0.481 e. The van der Waals surface area contributed by atoms with Gasteiger partial charge in [0.15, 0.2) is 0 Å². The molecule has 0 saturated carbocycles. The average molecular weight is 464 g/mol. The number of nitrogens with zero attached hydrogens (tertiary/aromatic N) is 1. The molecule has 0 aliphatic rings. The van der Waals surface area contributed by atoms with Crippen molar-refractivity contribution in [2.75, 3.05) is 0 Å². The van der Waals surface area contributed by atoms with E-state index >= 15 is 0 Å². The van der Waals surface area contributed by atoms with E-state index in [1.165, 1.54) is 12.1 Å². The van der Waals surface area contributed by atoms with Crippen LogP contribution in [0.3, 0.4) is 0 Å². The highest BCUT2D eigenvalue weighted by molar-refractivity contribution is 7.89. The van der Waals surface area contributed by atoms with Crippen molar-refractivity contribution in [3.05, 3.63) is 83.7 Å². The second-order valence-electron chi connectivity index (χ2n) is 7.08. The maximum Gasteiger partial charge on any atom is 0.417 e. The van der Waals surface area contributed by atoms with Crippen molar-refractivity contribution < 1.29 is 31.5 Å². The lowest BCUT2D eigenvalue weighted by atomic mass is 9.97. The molecule has 0 bridgehead atoms.